The molecule has 0 aliphatic rings. The van der Waals surface area contributed by atoms with Gasteiger partial charge in [-0.15, -0.1) is 0 Å². The number of hydrogen-bond donors (Lipinski definition) is 0. The molecule has 0 aromatic heterocycles. The second-order valence-corrected chi connectivity index (χ2v) is 6.59. The predicted molar refractivity (Wildman–Crippen MR) is 102 cm³/mol. The summed E-state index contributed by atoms with van der Waals surface area (Å²) in [7, 11) is 0.777. The molecule has 3 nitrogen and oxygen atoms in total. The number of esters is 1. The zero-order chi connectivity index (χ0) is 17.8. The van der Waals surface area contributed by atoms with E-state index in [-0.39, 0.29) is 5.78 Å². The van der Waals surface area contributed by atoms with Gasteiger partial charge in [-0.2, -0.15) is 0 Å². The lowest BCUT2D eigenvalue weighted by Gasteiger charge is -2.08. The average molecular weight is 344 g/mol. The van der Waals surface area contributed by atoms with Gasteiger partial charge >= 0.3 is 5.97 Å². The van der Waals surface area contributed by atoms with Gasteiger partial charge in [0, 0.05) is 0 Å². The van der Waals surface area contributed by atoms with Crippen molar-refractivity contribution in [3.8, 4) is 0 Å². The van der Waals surface area contributed by atoms with E-state index in [0.717, 1.165) is 8.58 Å². The van der Waals surface area contributed by atoms with Crippen LogP contribution < -0.4 is 10.6 Å². The first-order valence-electron chi connectivity index (χ1n) is 8.12. The Morgan fingerprint density at radius 2 is 1.38 bits per heavy atom. The zero-order valence-corrected chi connectivity index (χ0v) is 15.5. The summed E-state index contributed by atoms with van der Waals surface area (Å²) in [6, 6.07) is 21.2. The van der Waals surface area contributed by atoms with E-state index in [1.54, 1.807) is 13.8 Å². The summed E-state index contributed by atoms with van der Waals surface area (Å²) in [6.45, 7) is 5.27. The van der Waals surface area contributed by atoms with E-state index < -0.39 is 11.9 Å². The Labute approximate surface area is 146 Å². The molecule has 0 heterocycles. The van der Waals surface area contributed by atoms with Crippen molar-refractivity contribution in [3.63, 3.8) is 0 Å². The Kier molecular flexibility index (Phi) is 9.64. The molecular formula is C20H25O3P. The van der Waals surface area contributed by atoms with Crippen LogP contribution in [0.15, 0.2) is 60.7 Å². The molecule has 0 aliphatic carbocycles. The quantitative estimate of drug-likeness (QED) is 0.458. The van der Waals surface area contributed by atoms with E-state index in [9.17, 15) is 9.59 Å². The number of ketones is 1. The highest BCUT2D eigenvalue weighted by Crippen LogP contribution is 2.08. The van der Waals surface area contributed by atoms with E-state index in [4.69, 9.17) is 4.74 Å². The Morgan fingerprint density at radius 1 is 0.917 bits per heavy atom. The van der Waals surface area contributed by atoms with Gasteiger partial charge in [0.05, 0.1) is 6.61 Å². The molecule has 0 bridgehead atoms. The molecule has 24 heavy (non-hydrogen) atoms. The largest absolute Gasteiger partial charge is 0.465 e. The van der Waals surface area contributed by atoms with E-state index >= 15 is 0 Å². The molecule has 0 saturated carbocycles. The first-order valence-corrected chi connectivity index (χ1v) is 9.12. The summed E-state index contributed by atoms with van der Waals surface area (Å²) in [4.78, 5) is 21.8. The van der Waals surface area contributed by atoms with Crippen LogP contribution in [0.1, 0.15) is 27.2 Å². The van der Waals surface area contributed by atoms with Crippen LogP contribution in [0.25, 0.3) is 0 Å². The van der Waals surface area contributed by atoms with Crippen LogP contribution in [0, 0.1) is 5.92 Å². The highest BCUT2D eigenvalue weighted by molar-refractivity contribution is 7.55. The second-order valence-electron chi connectivity index (χ2n) is 5.18. The van der Waals surface area contributed by atoms with E-state index in [0.29, 0.717) is 13.0 Å². The fourth-order valence-corrected chi connectivity index (χ4v) is 3.12. The van der Waals surface area contributed by atoms with Crippen LogP contribution in [0.4, 0.5) is 0 Å². The van der Waals surface area contributed by atoms with Gasteiger partial charge in [-0.05, 0) is 30.9 Å². The molecule has 0 N–H and O–H groups in total. The van der Waals surface area contributed by atoms with Gasteiger partial charge in [0.25, 0.3) is 0 Å². The van der Waals surface area contributed by atoms with Crippen LogP contribution in [0.2, 0.25) is 0 Å². The molecule has 0 radical (unpaired) electrons. The third-order valence-electron chi connectivity index (χ3n) is 3.31. The minimum absolute atomic E-state index is 0.119. The molecule has 2 rings (SSSR count). The second kappa shape index (κ2) is 11.5. The van der Waals surface area contributed by atoms with Crippen molar-refractivity contribution in [3.05, 3.63) is 60.7 Å². The number of ether oxygens (including phenoxy) is 1. The summed E-state index contributed by atoms with van der Waals surface area (Å²) in [5, 5.41) is 2.79. The van der Waals surface area contributed by atoms with E-state index in [1.807, 2.05) is 0 Å². The van der Waals surface area contributed by atoms with Crippen LogP contribution in [-0.4, -0.2) is 18.4 Å². The van der Waals surface area contributed by atoms with Crippen molar-refractivity contribution >= 4 is 30.9 Å². The summed E-state index contributed by atoms with van der Waals surface area (Å²) < 4.78 is 4.70. The molecule has 2 aromatic rings. The van der Waals surface area contributed by atoms with Gasteiger partial charge in [0.1, 0.15) is 11.7 Å². The van der Waals surface area contributed by atoms with Crippen LogP contribution in [-0.2, 0) is 14.3 Å². The highest BCUT2D eigenvalue weighted by Gasteiger charge is 2.21. The number of rotatable bonds is 6. The number of carbonyl (C=O) groups is 2. The zero-order valence-electron chi connectivity index (χ0n) is 14.5. The fourth-order valence-electron chi connectivity index (χ4n) is 2.07. The molecule has 4 heteroatoms. The van der Waals surface area contributed by atoms with Gasteiger partial charge in [-0.3, -0.25) is 9.59 Å². The smallest absolute Gasteiger partial charge is 0.316 e. The standard InChI is InChI=1S/C12H11P.C8H14O3/c1-3-7-11(8-4-1)13-12-9-5-2-6-10-12;1-4-7(6(3)9)8(10)11-5-2/h1-10,13H;7H,4-5H2,1-3H3. The normalized spacial score (nSPS) is 11.0. The number of benzene rings is 2. The van der Waals surface area contributed by atoms with Gasteiger partial charge in [0.15, 0.2) is 0 Å². The molecule has 1 atom stereocenters. The number of carbonyl (C=O) groups excluding carboxylic acids is 2. The Bertz CT molecular complexity index is 574. The SMILES string of the molecule is CCOC(=O)C(CC)C(C)=O.c1ccc(Pc2ccccc2)cc1. The predicted octanol–water partition coefficient (Wildman–Crippen LogP) is 3.48. The van der Waals surface area contributed by atoms with Gasteiger partial charge in [-0.25, -0.2) is 0 Å². The molecule has 0 amide bonds. The topological polar surface area (TPSA) is 43.4 Å². The van der Waals surface area contributed by atoms with E-state index in [2.05, 4.69) is 60.7 Å². The van der Waals surface area contributed by atoms with E-state index in [1.165, 1.54) is 17.5 Å². The van der Waals surface area contributed by atoms with Gasteiger partial charge in [-0.1, -0.05) is 76.2 Å². The summed E-state index contributed by atoms with van der Waals surface area (Å²) in [5.41, 5.74) is 0. The lowest BCUT2D eigenvalue weighted by molar-refractivity contribution is -0.151. The van der Waals surface area contributed by atoms with Crippen LogP contribution >= 0.6 is 8.58 Å². The van der Waals surface area contributed by atoms with Crippen molar-refractivity contribution in [2.24, 2.45) is 5.92 Å². The summed E-state index contributed by atoms with van der Waals surface area (Å²) >= 11 is 0. The van der Waals surface area contributed by atoms with Gasteiger partial charge < -0.3 is 4.74 Å². The third-order valence-corrected chi connectivity index (χ3v) is 4.55. The Balaban J connectivity index is 0.000000245. The molecule has 1 unspecified atom stereocenters. The van der Waals surface area contributed by atoms with Crippen LogP contribution in [0.3, 0.4) is 0 Å². The Morgan fingerprint density at radius 3 is 1.71 bits per heavy atom. The minimum atomic E-state index is -0.560. The fraction of sp³-hybridized carbons (Fsp3) is 0.300. The molecule has 0 spiro atoms. The molecule has 0 saturated heterocycles. The molecule has 0 aliphatic heterocycles. The van der Waals surface area contributed by atoms with Crippen molar-refractivity contribution in [1.82, 2.24) is 0 Å². The Hall–Kier alpha value is -1.99. The monoisotopic (exact) mass is 344 g/mol. The van der Waals surface area contributed by atoms with Gasteiger partial charge in [0.2, 0.25) is 0 Å². The summed E-state index contributed by atoms with van der Waals surface area (Å²) in [5.74, 6) is -1.08. The van der Waals surface area contributed by atoms with Crippen molar-refractivity contribution in [1.29, 1.82) is 0 Å². The molecular weight excluding hydrogens is 319 g/mol. The maximum atomic E-state index is 11.0. The molecule has 128 valence electrons. The maximum Gasteiger partial charge on any atom is 0.316 e. The van der Waals surface area contributed by atoms with Crippen LogP contribution in [0.5, 0.6) is 0 Å². The van der Waals surface area contributed by atoms with Crippen molar-refractivity contribution in [2.75, 3.05) is 6.61 Å². The lowest BCUT2D eigenvalue weighted by Crippen LogP contribution is -2.23. The first-order chi connectivity index (χ1) is 11.6. The number of hydrogen-bond acceptors (Lipinski definition) is 3. The molecule has 0 fully saturated rings. The summed E-state index contributed by atoms with van der Waals surface area (Å²) in [6.07, 6.45) is 0.522. The first kappa shape index (κ1) is 20.1. The molecule has 2 aromatic carbocycles. The lowest BCUT2D eigenvalue weighted by atomic mass is 10.0. The highest BCUT2D eigenvalue weighted by atomic mass is 31.1. The average Bonchev–Trinajstić information content (AvgIpc) is 2.58. The van der Waals surface area contributed by atoms with Crippen molar-refractivity contribution in [2.45, 2.75) is 27.2 Å². The number of Topliss-reactive ketones (excluding diaryl/α,β-unsaturated/α-hetero) is 1. The van der Waals surface area contributed by atoms with Crippen molar-refractivity contribution < 1.29 is 14.3 Å². The maximum absolute atomic E-state index is 11.0. The minimum Gasteiger partial charge on any atom is -0.465 e. The third kappa shape index (κ3) is 7.52.